The summed E-state index contributed by atoms with van der Waals surface area (Å²) in [6.07, 6.45) is 0. The molecule has 108 valence electrons. The summed E-state index contributed by atoms with van der Waals surface area (Å²) in [4.78, 5) is -0.427. The molecule has 5 nitrogen and oxygen atoms in total. The van der Waals surface area contributed by atoms with Gasteiger partial charge in [-0.2, -0.15) is 0 Å². The van der Waals surface area contributed by atoms with Crippen LogP contribution in [0, 0.1) is 0 Å². The second-order valence-corrected chi connectivity index (χ2v) is 7.98. The molecule has 1 aliphatic rings. The Balaban J connectivity index is 2.42. The van der Waals surface area contributed by atoms with Crippen LogP contribution >= 0.6 is 0 Å². The zero-order valence-corrected chi connectivity index (χ0v) is 12.4. The minimum absolute atomic E-state index is 0.214. The molecule has 0 amide bonds. The number of rotatable bonds is 2. The summed E-state index contributed by atoms with van der Waals surface area (Å²) in [6, 6.07) is 16.4. The molecule has 7 heteroatoms. The average molecular weight is 321 g/mol. The first-order chi connectivity index (χ1) is 9.92. The Morgan fingerprint density at radius 1 is 0.571 bits per heavy atom. The fourth-order valence-corrected chi connectivity index (χ4v) is 6.32. The van der Waals surface area contributed by atoms with Crippen LogP contribution in [0.4, 0.5) is 0 Å². The Morgan fingerprint density at radius 2 is 0.905 bits per heavy atom. The first kappa shape index (κ1) is 14.0. The van der Waals surface area contributed by atoms with Gasteiger partial charge >= 0.3 is 0 Å². The highest BCUT2D eigenvalue weighted by Crippen LogP contribution is 2.38. The SMILES string of the molecule is O=S1(=O)NS(=O)(=O)C(c2ccccc2)=C1c1ccccc1. The van der Waals surface area contributed by atoms with Gasteiger partial charge in [-0.05, 0) is 11.1 Å². The predicted molar refractivity (Wildman–Crippen MR) is 80.7 cm³/mol. The van der Waals surface area contributed by atoms with Gasteiger partial charge in [0.1, 0.15) is 9.81 Å². The summed E-state index contributed by atoms with van der Waals surface area (Å²) in [7, 11) is -8.21. The van der Waals surface area contributed by atoms with E-state index >= 15 is 0 Å². The summed E-state index contributed by atoms with van der Waals surface area (Å²) in [6.45, 7) is 0. The zero-order chi connectivity index (χ0) is 15.1. The van der Waals surface area contributed by atoms with E-state index in [1.807, 2.05) is 0 Å². The second kappa shape index (κ2) is 4.80. The minimum atomic E-state index is -4.10. The van der Waals surface area contributed by atoms with Crippen molar-refractivity contribution in [1.82, 2.24) is 4.13 Å². The number of nitrogens with one attached hydrogen (secondary N) is 1. The van der Waals surface area contributed by atoms with E-state index in [2.05, 4.69) is 0 Å². The molecular weight excluding hydrogens is 310 g/mol. The molecule has 21 heavy (non-hydrogen) atoms. The van der Waals surface area contributed by atoms with Gasteiger partial charge in [-0.1, -0.05) is 60.7 Å². The van der Waals surface area contributed by atoms with E-state index in [0.29, 0.717) is 11.1 Å². The van der Waals surface area contributed by atoms with Gasteiger partial charge in [0.2, 0.25) is 0 Å². The van der Waals surface area contributed by atoms with Gasteiger partial charge in [0.25, 0.3) is 20.0 Å². The molecule has 0 radical (unpaired) electrons. The molecule has 0 bridgehead atoms. The van der Waals surface area contributed by atoms with Crippen LogP contribution in [0.1, 0.15) is 11.1 Å². The van der Waals surface area contributed by atoms with Crippen molar-refractivity contribution in [3.8, 4) is 0 Å². The third-order valence-corrected chi connectivity index (χ3v) is 6.87. The van der Waals surface area contributed by atoms with E-state index < -0.39 is 20.0 Å². The lowest BCUT2D eigenvalue weighted by molar-refractivity contribution is 0.591. The maximum atomic E-state index is 12.2. The molecule has 2 aromatic carbocycles. The molecule has 0 saturated carbocycles. The molecule has 1 N–H and O–H groups in total. The standard InChI is InChI=1S/C14H11NO4S2/c16-20(17)13(11-7-3-1-4-8-11)14(21(18,19)15-20)12-9-5-2-6-10-12/h1-10,15H. The highest BCUT2D eigenvalue weighted by molar-refractivity contribution is 8.18. The molecule has 0 spiro atoms. The molecule has 2 aromatic rings. The number of hydrogen-bond acceptors (Lipinski definition) is 4. The maximum Gasteiger partial charge on any atom is 0.255 e. The maximum absolute atomic E-state index is 12.2. The third-order valence-electron chi connectivity index (χ3n) is 3.04. The van der Waals surface area contributed by atoms with E-state index in [-0.39, 0.29) is 9.81 Å². The van der Waals surface area contributed by atoms with E-state index in [9.17, 15) is 16.8 Å². The van der Waals surface area contributed by atoms with Crippen molar-refractivity contribution in [1.29, 1.82) is 0 Å². The van der Waals surface area contributed by atoms with Crippen molar-refractivity contribution in [3.05, 3.63) is 71.8 Å². The van der Waals surface area contributed by atoms with Crippen molar-refractivity contribution in [3.63, 3.8) is 0 Å². The highest BCUT2D eigenvalue weighted by atomic mass is 32.3. The van der Waals surface area contributed by atoms with Crippen LogP contribution in [-0.2, 0) is 20.0 Å². The van der Waals surface area contributed by atoms with Crippen LogP contribution in [0.5, 0.6) is 0 Å². The van der Waals surface area contributed by atoms with Crippen LogP contribution in [0.15, 0.2) is 60.7 Å². The summed E-state index contributed by atoms with van der Waals surface area (Å²) in [5.41, 5.74) is 0.676. The minimum Gasteiger partial charge on any atom is -0.206 e. The Labute approximate surface area is 123 Å². The molecule has 0 saturated heterocycles. The molecule has 0 aromatic heterocycles. The lowest BCUT2D eigenvalue weighted by Crippen LogP contribution is -2.23. The summed E-state index contributed by atoms with van der Waals surface area (Å²) < 4.78 is 50.6. The number of sulfonamides is 2. The molecule has 0 fully saturated rings. The lowest BCUT2D eigenvalue weighted by Gasteiger charge is -2.04. The van der Waals surface area contributed by atoms with Crippen molar-refractivity contribution in [2.45, 2.75) is 0 Å². The van der Waals surface area contributed by atoms with Gasteiger partial charge in [0, 0.05) is 0 Å². The molecule has 3 rings (SSSR count). The van der Waals surface area contributed by atoms with Crippen LogP contribution in [-0.4, -0.2) is 16.8 Å². The van der Waals surface area contributed by atoms with Crippen LogP contribution in [0.25, 0.3) is 9.81 Å². The Morgan fingerprint density at radius 3 is 1.24 bits per heavy atom. The van der Waals surface area contributed by atoms with E-state index in [1.54, 1.807) is 64.8 Å². The molecular formula is C14H11NO4S2. The summed E-state index contributed by atoms with van der Waals surface area (Å²) in [5, 5.41) is 0. The first-order valence-electron chi connectivity index (χ1n) is 6.05. The van der Waals surface area contributed by atoms with Crippen LogP contribution in [0.3, 0.4) is 0 Å². The summed E-state index contributed by atoms with van der Waals surface area (Å²) in [5.74, 6) is 0. The van der Waals surface area contributed by atoms with Crippen LogP contribution in [0.2, 0.25) is 0 Å². The monoisotopic (exact) mass is 321 g/mol. The topological polar surface area (TPSA) is 80.3 Å². The van der Waals surface area contributed by atoms with Crippen LogP contribution < -0.4 is 4.13 Å². The van der Waals surface area contributed by atoms with E-state index in [0.717, 1.165) is 0 Å². The van der Waals surface area contributed by atoms with Gasteiger partial charge in [-0.15, -0.1) is 4.13 Å². The largest absolute Gasteiger partial charge is 0.255 e. The molecule has 0 unspecified atom stereocenters. The van der Waals surface area contributed by atoms with Gasteiger partial charge in [0.05, 0.1) is 0 Å². The number of benzene rings is 2. The molecule has 0 aliphatic carbocycles. The Bertz CT molecular complexity index is 838. The normalized spacial score (nSPS) is 19.6. The first-order valence-corrected chi connectivity index (χ1v) is 9.02. The summed E-state index contributed by atoms with van der Waals surface area (Å²) >= 11 is 0. The van der Waals surface area contributed by atoms with Gasteiger partial charge in [0.15, 0.2) is 0 Å². The zero-order valence-electron chi connectivity index (χ0n) is 10.7. The van der Waals surface area contributed by atoms with E-state index in [4.69, 9.17) is 0 Å². The fraction of sp³-hybridized carbons (Fsp3) is 0. The average Bonchev–Trinajstić information content (AvgIpc) is 2.64. The lowest BCUT2D eigenvalue weighted by atomic mass is 10.1. The molecule has 0 atom stereocenters. The Hall–Kier alpha value is -1.96. The van der Waals surface area contributed by atoms with E-state index in [1.165, 1.54) is 0 Å². The van der Waals surface area contributed by atoms with Gasteiger partial charge < -0.3 is 0 Å². The smallest absolute Gasteiger partial charge is 0.206 e. The van der Waals surface area contributed by atoms with Crippen molar-refractivity contribution in [2.24, 2.45) is 0 Å². The second-order valence-electron chi connectivity index (χ2n) is 4.48. The Kier molecular flexibility index (Phi) is 3.20. The van der Waals surface area contributed by atoms with Crippen molar-refractivity contribution < 1.29 is 16.8 Å². The van der Waals surface area contributed by atoms with Gasteiger partial charge in [-0.25, -0.2) is 16.8 Å². The highest BCUT2D eigenvalue weighted by Gasteiger charge is 2.42. The molecule has 1 heterocycles. The predicted octanol–water partition coefficient (Wildman–Crippen LogP) is 1.78. The third kappa shape index (κ3) is 2.39. The fourth-order valence-electron chi connectivity index (χ4n) is 2.22. The quantitative estimate of drug-likeness (QED) is 0.914. The van der Waals surface area contributed by atoms with Crippen molar-refractivity contribution in [2.75, 3.05) is 0 Å². The van der Waals surface area contributed by atoms with Gasteiger partial charge in [-0.3, -0.25) is 0 Å². The van der Waals surface area contributed by atoms with Crippen molar-refractivity contribution >= 4 is 29.9 Å². The number of hydrogen-bond donors (Lipinski definition) is 1. The molecule has 1 aliphatic heterocycles.